The first-order valence-corrected chi connectivity index (χ1v) is 8.83. The quantitative estimate of drug-likeness (QED) is 0.789. The second-order valence-electron chi connectivity index (χ2n) is 6.24. The smallest absolute Gasteiger partial charge is 0.337 e. The molecule has 1 unspecified atom stereocenters. The number of carbonyl (C=O) groups excluding carboxylic acids is 3. The predicted octanol–water partition coefficient (Wildman–Crippen LogP) is 3.10. The van der Waals surface area contributed by atoms with Gasteiger partial charge in [0.25, 0.3) is 0 Å². The molecule has 0 radical (unpaired) electrons. The van der Waals surface area contributed by atoms with Crippen LogP contribution in [0.1, 0.15) is 26.3 Å². The highest BCUT2D eigenvalue weighted by Gasteiger charge is 2.27. The number of hydrogen-bond acceptors (Lipinski definition) is 6. The van der Waals surface area contributed by atoms with Crippen molar-refractivity contribution in [3.63, 3.8) is 0 Å². The molecule has 2 aromatic carbocycles. The van der Waals surface area contributed by atoms with E-state index in [4.69, 9.17) is 25.8 Å². The number of benzene rings is 2. The molecule has 146 valence electrons. The lowest BCUT2D eigenvalue weighted by Crippen LogP contribution is -2.32. The minimum Gasteiger partial charge on any atom is -0.492 e. The lowest BCUT2D eigenvalue weighted by atomic mass is 9.96. The Hall–Kier alpha value is -3.06. The van der Waals surface area contributed by atoms with Gasteiger partial charge in [-0.2, -0.15) is 0 Å². The van der Waals surface area contributed by atoms with Gasteiger partial charge < -0.3 is 19.5 Å². The molecule has 1 atom stereocenters. The Labute approximate surface area is 166 Å². The van der Waals surface area contributed by atoms with E-state index in [1.165, 1.54) is 32.4 Å². The molecule has 7 nitrogen and oxygen atoms in total. The molecule has 0 bridgehead atoms. The molecule has 1 aliphatic heterocycles. The van der Waals surface area contributed by atoms with Gasteiger partial charge in [0, 0.05) is 10.7 Å². The normalized spacial score (nSPS) is 15.0. The summed E-state index contributed by atoms with van der Waals surface area (Å²) in [7, 11) is 2.46. The van der Waals surface area contributed by atoms with Crippen LogP contribution in [0.5, 0.6) is 5.75 Å². The maximum absolute atomic E-state index is 12.7. The minimum absolute atomic E-state index is 0.123. The van der Waals surface area contributed by atoms with E-state index in [9.17, 15) is 14.4 Å². The molecule has 0 fully saturated rings. The summed E-state index contributed by atoms with van der Waals surface area (Å²) >= 11 is 6.01. The summed E-state index contributed by atoms with van der Waals surface area (Å²) in [6.45, 7) is 0.209. The maximum atomic E-state index is 12.7. The van der Waals surface area contributed by atoms with Crippen LogP contribution < -0.4 is 10.1 Å². The minimum atomic E-state index is -0.633. The van der Waals surface area contributed by atoms with Crippen molar-refractivity contribution in [1.29, 1.82) is 0 Å². The van der Waals surface area contributed by atoms with Crippen molar-refractivity contribution >= 4 is 35.1 Å². The fraction of sp³-hybridized carbons (Fsp3) is 0.250. The van der Waals surface area contributed by atoms with Gasteiger partial charge in [0.15, 0.2) is 0 Å². The zero-order chi connectivity index (χ0) is 20.3. The second kappa shape index (κ2) is 8.31. The van der Waals surface area contributed by atoms with Crippen LogP contribution in [0, 0.1) is 5.92 Å². The molecule has 1 N–H and O–H groups in total. The standard InChI is InChI=1S/C20H18ClNO6/c1-26-19(24)12-6-13(20(25)27-2)9-16(8-12)22-18(23)14-5-11-7-15(21)3-4-17(11)28-10-14/h3-4,6-9,14H,5,10H2,1-2H3,(H,22,23). The van der Waals surface area contributed by atoms with Gasteiger partial charge in [-0.3, -0.25) is 4.79 Å². The van der Waals surface area contributed by atoms with Crippen LogP contribution in [0.25, 0.3) is 0 Å². The molecule has 1 amide bonds. The summed E-state index contributed by atoms with van der Waals surface area (Å²) in [5.74, 6) is -1.32. The van der Waals surface area contributed by atoms with Crippen LogP contribution in [-0.4, -0.2) is 38.7 Å². The Bertz CT molecular complexity index is 908. The Morgan fingerprint density at radius 1 is 1.04 bits per heavy atom. The van der Waals surface area contributed by atoms with Gasteiger partial charge in [-0.05, 0) is 48.4 Å². The number of rotatable bonds is 4. The number of amides is 1. The van der Waals surface area contributed by atoms with E-state index in [2.05, 4.69) is 5.32 Å². The third-order valence-electron chi connectivity index (χ3n) is 4.34. The van der Waals surface area contributed by atoms with Crippen LogP contribution in [0.2, 0.25) is 5.02 Å². The molecule has 0 saturated heterocycles. The summed E-state index contributed by atoms with van der Waals surface area (Å²) in [5.41, 5.74) is 1.37. The van der Waals surface area contributed by atoms with E-state index in [0.717, 1.165) is 5.56 Å². The van der Waals surface area contributed by atoms with Gasteiger partial charge in [0.2, 0.25) is 5.91 Å². The Morgan fingerprint density at radius 2 is 1.68 bits per heavy atom. The molecule has 3 rings (SSSR count). The molecule has 8 heteroatoms. The van der Waals surface area contributed by atoms with E-state index in [1.807, 2.05) is 0 Å². The van der Waals surface area contributed by atoms with E-state index in [1.54, 1.807) is 18.2 Å². The third-order valence-corrected chi connectivity index (χ3v) is 4.58. The van der Waals surface area contributed by atoms with E-state index in [-0.39, 0.29) is 29.3 Å². The number of ether oxygens (including phenoxy) is 3. The fourth-order valence-electron chi connectivity index (χ4n) is 2.95. The van der Waals surface area contributed by atoms with Gasteiger partial charge in [0.05, 0.1) is 31.3 Å². The predicted molar refractivity (Wildman–Crippen MR) is 102 cm³/mol. The Kier molecular flexibility index (Phi) is 5.84. The van der Waals surface area contributed by atoms with Crippen molar-refractivity contribution in [2.45, 2.75) is 6.42 Å². The first kappa shape index (κ1) is 19.7. The van der Waals surface area contributed by atoms with Crippen molar-refractivity contribution in [3.05, 3.63) is 58.1 Å². The molecule has 0 saturated carbocycles. The molecule has 1 aliphatic rings. The van der Waals surface area contributed by atoms with Gasteiger partial charge in [-0.25, -0.2) is 9.59 Å². The monoisotopic (exact) mass is 403 g/mol. The Morgan fingerprint density at radius 3 is 2.29 bits per heavy atom. The fourth-order valence-corrected chi connectivity index (χ4v) is 3.14. The van der Waals surface area contributed by atoms with Crippen LogP contribution >= 0.6 is 11.6 Å². The van der Waals surface area contributed by atoms with E-state index in [0.29, 0.717) is 17.2 Å². The highest BCUT2D eigenvalue weighted by molar-refractivity contribution is 6.30. The molecule has 2 aromatic rings. The number of nitrogens with one attached hydrogen (secondary N) is 1. The summed E-state index contributed by atoms with van der Waals surface area (Å²) in [6, 6.07) is 9.48. The molecule has 1 heterocycles. The van der Waals surface area contributed by atoms with Gasteiger partial charge in [-0.15, -0.1) is 0 Å². The average molecular weight is 404 g/mol. The van der Waals surface area contributed by atoms with Crippen molar-refractivity contribution < 1.29 is 28.6 Å². The third kappa shape index (κ3) is 4.26. The number of halogens is 1. The molecule has 0 aromatic heterocycles. The average Bonchev–Trinajstić information content (AvgIpc) is 2.71. The first-order chi connectivity index (χ1) is 13.4. The number of hydrogen-bond donors (Lipinski definition) is 1. The zero-order valence-electron chi connectivity index (χ0n) is 15.3. The molecule has 0 spiro atoms. The van der Waals surface area contributed by atoms with Crippen LogP contribution in [0.15, 0.2) is 36.4 Å². The Balaban J connectivity index is 1.81. The highest BCUT2D eigenvalue weighted by atomic mass is 35.5. The van der Waals surface area contributed by atoms with Crippen LogP contribution in [0.3, 0.4) is 0 Å². The van der Waals surface area contributed by atoms with Crippen molar-refractivity contribution in [2.24, 2.45) is 5.92 Å². The summed E-state index contributed by atoms with van der Waals surface area (Å²) < 4.78 is 15.0. The second-order valence-corrected chi connectivity index (χ2v) is 6.67. The zero-order valence-corrected chi connectivity index (χ0v) is 16.0. The van der Waals surface area contributed by atoms with E-state index >= 15 is 0 Å². The summed E-state index contributed by atoms with van der Waals surface area (Å²) in [6.07, 6.45) is 0.461. The first-order valence-electron chi connectivity index (χ1n) is 8.45. The number of anilines is 1. The van der Waals surface area contributed by atoms with Crippen molar-refractivity contribution in [1.82, 2.24) is 0 Å². The lowest BCUT2D eigenvalue weighted by Gasteiger charge is -2.25. The summed E-state index contributed by atoms with van der Waals surface area (Å²) in [4.78, 5) is 36.4. The van der Waals surface area contributed by atoms with Gasteiger partial charge in [-0.1, -0.05) is 11.6 Å². The van der Waals surface area contributed by atoms with Gasteiger partial charge >= 0.3 is 11.9 Å². The molecule has 28 heavy (non-hydrogen) atoms. The molecule has 0 aliphatic carbocycles. The van der Waals surface area contributed by atoms with E-state index < -0.39 is 17.9 Å². The molecular weight excluding hydrogens is 386 g/mol. The molecular formula is C20H18ClNO6. The number of esters is 2. The highest BCUT2D eigenvalue weighted by Crippen LogP contribution is 2.30. The van der Waals surface area contributed by atoms with Crippen molar-refractivity contribution in [2.75, 3.05) is 26.1 Å². The van der Waals surface area contributed by atoms with Crippen molar-refractivity contribution in [3.8, 4) is 5.75 Å². The largest absolute Gasteiger partial charge is 0.492 e. The number of carbonyl (C=O) groups is 3. The van der Waals surface area contributed by atoms with Gasteiger partial charge in [0.1, 0.15) is 12.4 Å². The summed E-state index contributed by atoms with van der Waals surface area (Å²) in [5, 5.41) is 3.29. The topological polar surface area (TPSA) is 90.9 Å². The SMILES string of the molecule is COC(=O)c1cc(NC(=O)C2COc3ccc(Cl)cc3C2)cc(C(=O)OC)c1. The lowest BCUT2D eigenvalue weighted by molar-refractivity contribution is -0.121. The van der Waals surface area contributed by atoms with Crippen LogP contribution in [-0.2, 0) is 20.7 Å². The number of methoxy groups -OCH3 is 2. The van der Waals surface area contributed by atoms with Crippen LogP contribution in [0.4, 0.5) is 5.69 Å². The maximum Gasteiger partial charge on any atom is 0.337 e. The number of fused-ring (bicyclic) bond motifs is 1.